The van der Waals surface area contributed by atoms with E-state index >= 15 is 0 Å². The molecule has 1 N–H and O–H groups in total. The maximum absolute atomic E-state index is 5.53. The van der Waals surface area contributed by atoms with Gasteiger partial charge in [0.1, 0.15) is 5.01 Å². The molecule has 0 spiro atoms. The van der Waals surface area contributed by atoms with Gasteiger partial charge in [-0.3, -0.25) is 0 Å². The second kappa shape index (κ2) is 5.05. The molecule has 4 heteroatoms. The van der Waals surface area contributed by atoms with Crippen molar-refractivity contribution in [3.05, 3.63) is 16.6 Å². The fourth-order valence-electron chi connectivity index (χ4n) is 2.02. The highest BCUT2D eigenvalue weighted by Gasteiger charge is 2.21. The van der Waals surface area contributed by atoms with Crippen LogP contribution in [-0.2, 0) is 4.74 Å². The molecule has 0 aliphatic carbocycles. The summed E-state index contributed by atoms with van der Waals surface area (Å²) in [5.41, 5.74) is 0. The number of aromatic nitrogens is 1. The molecule has 15 heavy (non-hydrogen) atoms. The van der Waals surface area contributed by atoms with Crippen molar-refractivity contribution in [2.24, 2.45) is 0 Å². The summed E-state index contributed by atoms with van der Waals surface area (Å²) >= 11 is 1.72. The van der Waals surface area contributed by atoms with Gasteiger partial charge in [0.2, 0.25) is 0 Å². The highest BCUT2D eigenvalue weighted by Crippen LogP contribution is 2.20. The van der Waals surface area contributed by atoms with Crippen molar-refractivity contribution >= 4 is 11.3 Å². The van der Waals surface area contributed by atoms with Crippen LogP contribution in [0.25, 0.3) is 0 Å². The van der Waals surface area contributed by atoms with Gasteiger partial charge >= 0.3 is 0 Å². The zero-order valence-electron chi connectivity index (χ0n) is 9.27. The lowest BCUT2D eigenvalue weighted by atomic mass is 10.0. The predicted octanol–water partition coefficient (Wildman–Crippen LogP) is 2.36. The quantitative estimate of drug-likeness (QED) is 0.859. The van der Waals surface area contributed by atoms with E-state index in [0.29, 0.717) is 18.2 Å². The van der Waals surface area contributed by atoms with Crippen LogP contribution in [0.2, 0.25) is 0 Å². The molecule has 0 aromatic carbocycles. The van der Waals surface area contributed by atoms with Crippen LogP contribution in [0.1, 0.15) is 37.7 Å². The lowest BCUT2D eigenvalue weighted by molar-refractivity contribution is 0.0116. The first-order valence-corrected chi connectivity index (χ1v) is 6.40. The Morgan fingerprint density at radius 3 is 3.20 bits per heavy atom. The molecular formula is C11H18N2OS. The van der Waals surface area contributed by atoms with Gasteiger partial charge in [0.05, 0.1) is 12.1 Å². The first kappa shape index (κ1) is 11.0. The van der Waals surface area contributed by atoms with E-state index in [-0.39, 0.29) is 0 Å². The minimum atomic E-state index is 0.361. The average Bonchev–Trinajstić information content (AvgIpc) is 2.70. The molecule has 1 fully saturated rings. The molecule has 2 heterocycles. The first-order chi connectivity index (χ1) is 7.25. The molecule has 0 bridgehead atoms. The normalized spacial score (nSPS) is 28.9. The van der Waals surface area contributed by atoms with E-state index in [1.807, 2.05) is 11.6 Å². The van der Waals surface area contributed by atoms with Crippen LogP contribution in [-0.4, -0.2) is 23.7 Å². The van der Waals surface area contributed by atoms with Gasteiger partial charge in [0.15, 0.2) is 0 Å². The van der Waals surface area contributed by atoms with Crippen molar-refractivity contribution in [3.63, 3.8) is 0 Å². The number of rotatable bonds is 3. The average molecular weight is 226 g/mol. The van der Waals surface area contributed by atoms with Crippen LogP contribution >= 0.6 is 11.3 Å². The summed E-state index contributed by atoms with van der Waals surface area (Å²) in [4.78, 5) is 4.33. The number of thiazole rings is 1. The molecule has 1 aromatic heterocycles. The van der Waals surface area contributed by atoms with E-state index in [2.05, 4.69) is 24.1 Å². The van der Waals surface area contributed by atoms with E-state index in [1.54, 1.807) is 11.3 Å². The van der Waals surface area contributed by atoms with E-state index < -0.39 is 0 Å². The summed E-state index contributed by atoms with van der Waals surface area (Å²) in [5, 5.41) is 6.82. The Morgan fingerprint density at radius 2 is 2.53 bits per heavy atom. The molecular weight excluding hydrogens is 208 g/mol. The van der Waals surface area contributed by atoms with Crippen molar-refractivity contribution < 1.29 is 4.74 Å². The highest BCUT2D eigenvalue weighted by atomic mass is 32.1. The second-order valence-corrected chi connectivity index (χ2v) is 5.09. The Hall–Kier alpha value is -0.450. The molecule has 3 unspecified atom stereocenters. The Balaban J connectivity index is 1.86. The van der Waals surface area contributed by atoms with Gasteiger partial charge in [-0.15, -0.1) is 11.3 Å². The van der Waals surface area contributed by atoms with Gasteiger partial charge in [-0.25, -0.2) is 4.98 Å². The standard InChI is InChI=1S/C11H18N2OS/c1-8-7-10(3-5-14-8)13-9(2)11-12-4-6-15-11/h4,6,8-10,13H,3,5,7H2,1-2H3. The van der Waals surface area contributed by atoms with Crippen molar-refractivity contribution in [2.75, 3.05) is 6.61 Å². The Morgan fingerprint density at radius 1 is 1.67 bits per heavy atom. The molecule has 1 aromatic rings. The Kier molecular flexibility index (Phi) is 3.72. The number of nitrogens with one attached hydrogen (secondary N) is 1. The third-order valence-electron chi connectivity index (χ3n) is 2.79. The summed E-state index contributed by atoms with van der Waals surface area (Å²) < 4.78 is 5.53. The SMILES string of the molecule is CC1CC(NC(C)c2nccs2)CCO1. The van der Waals surface area contributed by atoms with Gasteiger partial charge in [-0.05, 0) is 26.7 Å². The number of ether oxygens (including phenoxy) is 1. The van der Waals surface area contributed by atoms with Gasteiger partial charge < -0.3 is 10.1 Å². The zero-order chi connectivity index (χ0) is 10.7. The fourth-order valence-corrected chi connectivity index (χ4v) is 2.68. The summed E-state index contributed by atoms with van der Waals surface area (Å²) in [6, 6.07) is 0.938. The molecule has 84 valence electrons. The predicted molar refractivity (Wildman–Crippen MR) is 62.1 cm³/mol. The minimum absolute atomic E-state index is 0.361. The molecule has 1 aliphatic rings. The van der Waals surface area contributed by atoms with Crippen molar-refractivity contribution in [1.82, 2.24) is 10.3 Å². The maximum Gasteiger partial charge on any atom is 0.109 e. The van der Waals surface area contributed by atoms with Gasteiger partial charge in [0.25, 0.3) is 0 Å². The smallest absolute Gasteiger partial charge is 0.109 e. The Labute approximate surface area is 94.9 Å². The van der Waals surface area contributed by atoms with Gasteiger partial charge in [-0.1, -0.05) is 0 Å². The topological polar surface area (TPSA) is 34.2 Å². The molecule has 2 rings (SSSR count). The van der Waals surface area contributed by atoms with Crippen LogP contribution in [0, 0.1) is 0 Å². The third kappa shape index (κ3) is 3.00. The largest absolute Gasteiger partial charge is 0.378 e. The molecule has 1 saturated heterocycles. The number of hydrogen-bond acceptors (Lipinski definition) is 4. The van der Waals surface area contributed by atoms with E-state index in [1.165, 1.54) is 5.01 Å². The van der Waals surface area contributed by atoms with Crippen molar-refractivity contribution in [3.8, 4) is 0 Å². The highest BCUT2D eigenvalue weighted by molar-refractivity contribution is 7.09. The van der Waals surface area contributed by atoms with Crippen molar-refractivity contribution in [1.29, 1.82) is 0 Å². The molecule has 1 aliphatic heterocycles. The van der Waals surface area contributed by atoms with E-state index in [4.69, 9.17) is 4.74 Å². The van der Waals surface area contributed by atoms with Gasteiger partial charge in [-0.2, -0.15) is 0 Å². The van der Waals surface area contributed by atoms with Gasteiger partial charge in [0, 0.05) is 24.2 Å². The molecule has 3 nitrogen and oxygen atoms in total. The van der Waals surface area contributed by atoms with E-state index in [0.717, 1.165) is 19.4 Å². The molecule has 3 atom stereocenters. The maximum atomic E-state index is 5.53. The van der Waals surface area contributed by atoms with Crippen LogP contribution in [0.15, 0.2) is 11.6 Å². The van der Waals surface area contributed by atoms with E-state index in [9.17, 15) is 0 Å². The monoisotopic (exact) mass is 226 g/mol. The fraction of sp³-hybridized carbons (Fsp3) is 0.727. The van der Waals surface area contributed by atoms with Crippen molar-refractivity contribution in [2.45, 2.75) is 44.9 Å². The van der Waals surface area contributed by atoms with Crippen LogP contribution in [0.3, 0.4) is 0 Å². The lowest BCUT2D eigenvalue weighted by Crippen LogP contribution is -2.39. The van der Waals surface area contributed by atoms with Crippen LogP contribution in [0.5, 0.6) is 0 Å². The molecule has 0 radical (unpaired) electrons. The third-order valence-corrected chi connectivity index (χ3v) is 3.75. The summed E-state index contributed by atoms with van der Waals surface area (Å²) in [6.45, 7) is 5.20. The number of hydrogen-bond donors (Lipinski definition) is 1. The molecule has 0 saturated carbocycles. The first-order valence-electron chi connectivity index (χ1n) is 5.52. The van der Waals surface area contributed by atoms with Crippen LogP contribution < -0.4 is 5.32 Å². The van der Waals surface area contributed by atoms with Crippen LogP contribution in [0.4, 0.5) is 0 Å². The summed E-state index contributed by atoms with van der Waals surface area (Å²) in [7, 11) is 0. The zero-order valence-corrected chi connectivity index (χ0v) is 10.1. The number of nitrogens with zero attached hydrogens (tertiary/aromatic N) is 1. The Bertz CT molecular complexity index is 289. The minimum Gasteiger partial charge on any atom is -0.378 e. The second-order valence-electron chi connectivity index (χ2n) is 4.16. The lowest BCUT2D eigenvalue weighted by Gasteiger charge is -2.29. The summed E-state index contributed by atoms with van der Waals surface area (Å²) in [5.74, 6) is 0. The molecule has 0 amide bonds. The summed E-state index contributed by atoms with van der Waals surface area (Å²) in [6.07, 6.45) is 4.47.